The van der Waals surface area contributed by atoms with Gasteiger partial charge in [-0.2, -0.15) is 0 Å². The van der Waals surface area contributed by atoms with E-state index in [9.17, 15) is 4.39 Å². The molecule has 27 heavy (non-hydrogen) atoms. The first-order chi connectivity index (χ1) is 13.2. The number of hydrogen-bond donors (Lipinski definition) is 1. The highest BCUT2D eigenvalue weighted by Crippen LogP contribution is 2.29. The SMILES string of the molecule is Cn1nnnc1NCc1c(OCc2ccc(F)cc2)ccc2ccccc12. The highest BCUT2D eigenvalue weighted by atomic mass is 19.1. The van der Waals surface area contributed by atoms with E-state index in [0.29, 0.717) is 19.1 Å². The summed E-state index contributed by atoms with van der Waals surface area (Å²) in [5.41, 5.74) is 1.92. The van der Waals surface area contributed by atoms with Gasteiger partial charge in [0.05, 0.1) is 0 Å². The topological polar surface area (TPSA) is 64.9 Å². The predicted octanol–water partition coefficient (Wildman–Crippen LogP) is 3.69. The Hall–Kier alpha value is -3.48. The Morgan fingerprint density at radius 2 is 1.85 bits per heavy atom. The average molecular weight is 363 g/mol. The third-order valence-corrected chi connectivity index (χ3v) is 4.35. The van der Waals surface area contributed by atoms with Gasteiger partial charge >= 0.3 is 0 Å². The van der Waals surface area contributed by atoms with Gasteiger partial charge in [-0.05, 0) is 45.0 Å². The molecule has 0 amide bonds. The maximum atomic E-state index is 13.1. The number of ether oxygens (including phenoxy) is 1. The summed E-state index contributed by atoms with van der Waals surface area (Å²) in [5, 5.41) is 16.9. The summed E-state index contributed by atoms with van der Waals surface area (Å²) in [6, 6.07) is 18.4. The van der Waals surface area contributed by atoms with Gasteiger partial charge in [-0.1, -0.05) is 47.6 Å². The summed E-state index contributed by atoms with van der Waals surface area (Å²) in [4.78, 5) is 0. The number of hydrogen-bond acceptors (Lipinski definition) is 5. The number of aryl methyl sites for hydroxylation is 1. The van der Waals surface area contributed by atoms with Crippen LogP contribution in [0, 0.1) is 5.82 Å². The van der Waals surface area contributed by atoms with Crippen LogP contribution >= 0.6 is 0 Å². The number of aromatic nitrogens is 4. The Morgan fingerprint density at radius 3 is 2.63 bits per heavy atom. The molecule has 3 aromatic carbocycles. The van der Waals surface area contributed by atoms with Crippen molar-refractivity contribution in [1.82, 2.24) is 20.2 Å². The average Bonchev–Trinajstić information content (AvgIpc) is 3.11. The lowest BCUT2D eigenvalue weighted by Gasteiger charge is -2.15. The first-order valence-corrected chi connectivity index (χ1v) is 8.55. The molecule has 136 valence electrons. The van der Waals surface area contributed by atoms with Gasteiger partial charge in [-0.15, -0.1) is 0 Å². The largest absolute Gasteiger partial charge is 0.489 e. The molecule has 0 bridgehead atoms. The number of benzene rings is 3. The minimum atomic E-state index is -0.258. The highest BCUT2D eigenvalue weighted by Gasteiger charge is 2.11. The zero-order valence-electron chi connectivity index (χ0n) is 14.8. The maximum Gasteiger partial charge on any atom is 0.242 e. The fraction of sp³-hybridized carbons (Fsp3) is 0.150. The van der Waals surface area contributed by atoms with Crippen LogP contribution in [0.15, 0.2) is 60.7 Å². The normalized spacial score (nSPS) is 10.9. The van der Waals surface area contributed by atoms with Gasteiger partial charge in [-0.3, -0.25) is 0 Å². The van der Waals surface area contributed by atoms with E-state index in [1.807, 2.05) is 24.3 Å². The lowest BCUT2D eigenvalue weighted by atomic mass is 10.0. The van der Waals surface area contributed by atoms with Crippen LogP contribution in [0.2, 0.25) is 0 Å². The first-order valence-electron chi connectivity index (χ1n) is 8.55. The Balaban J connectivity index is 1.62. The number of tetrazole rings is 1. The molecule has 1 aromatic heterocycles. The predicted molar refractivity (Wildman–Crippen MR) is 101 cm³/mol. The van der Waals surface area contributed by atoms with Crippen LogP contribution in [0.25, 0.3) is 10.8 Å². The molecule has 4 aromatic rings. The van der Waals surface area contributed by atoms with Gasteiger partial charge in [0, 0.05) is 19.2 Å². The van der Waals surface area contributed by atoms with Crippen molar-refractivity contribution in [3.05, 3.63) is 77.6 Å². The number of halogens is 1. The van der Waals surface area contributed by atoms with Crippen LogP contribution in [-0.4, -0.2) is 20.2 Å². The van der Waals surface area contributed by atoms with Crippen molar-refractivity contribution in [1.29, 1.82) is 0 Å². The van der Waals surface area contributed by atoms with Crippen LogP contribution in [0.3, 0.4) is 0 Å². The number of anilines is 1. The Morgan fingerprint density at radius 1 is 1.04 bits per heavy atom. The second-order valence-electron chi connectivity index (χ2n) is 6.16. The Kier molecular flexibility index (Phi) is 4.65. The molecule has 0 aliphatic carbocycles. The monoisotopic (exact) mass is 363 g/mol. The summed E-state index contributed by atoms with van der Waals surface area (Å²) in [5.74, 6) is 1.08. The molecule has 0 aliphatic heterocycles. The molecule has 7 heteroatoms. The number of fused-ring (bicyclic) bond motifs is 1. The van der Waals surface area contributed by atoms with E-state index in [2.05, 4.69) is 33.0 Å². The molecule has 0 fully saturated rings. The molecule has 1 heterocycles. The zero-order chi connectivity index (χ0) is 18.6. The molecule has 4 rings (SSSR count). The van der Waals surface area contributed by atoms with E-state index >= 15 is 0 Å². The van der Waals surface area contributed by atoms with Crippen molar-refractivity contribution in [2.45, 2.75) is 13.2 Å². The van der Waals surface area contributed by atoms with Gasteiger partial charge in [0.25, 0.3) is 0 Å². The molecule has 0 radical (unpaired) electrons. The lowest BCUT2D eigenvalue weighted by molar-refractivity contribution is 0.303. The zero-order valence-corrected chi connectivity index (χ0v) is 14.8. The van der Waals surface area contributed by atoms with Crippen LogP contribution in [-0.2, 0) is 20.2 Å². The molecule has 0 unspecified atom stereocenters. The van der Waals surface area contributed by atoms with Crippen LogP contribution in [0.4, 0.5) is 10.3 Å². The van der Waals surface area contributed by atoms with Crippen molar-refractivity contribution < 1.29 is 9.13 Å². The van der Waals surface area contributed by atoms with Crippen LogP contribution < -0.4 is 10.1 Å². The van der Waals surface area contributed by atoms with Crippen molar-refractivity contribution >= 4 is 16.7 Å². The van der Waals surface area contributed by atoms with E-state index < -0.39 is 0 Å². The summed E-state index contributed by atoms with van der Waals surface area (Å²) in [6.07, 6.45) is 0. The number of rotatable bonds is 6. The first kappa shape index (κ1) is 17.0. The molecule has 0 aliphatic rings. The van der Waals surface area contributed by atoms with Crippen LogP contribution in [0.5, 0.6) is 5.75 Å². The summed E-state index contributed by atoms with van der Waals surface area (Å²) < 4.78 is 20.7. The van der Waals surface area contributed by atoms with Crippen molar-refractivity contribution in [3.8, 4) is 5.75 Å². The summed E-state index contributed by atoms with van der Waals surface area (Å²) in [7, 11) is 1.78. The third-order valence-electron chi connectivity index (χ3n) is 4.35. The van der Waals surface area contributed by atoms with E-state index in [-0.39, 0.29) is 5.82 Å². The fourth-order valence-corrected chi connectivity index (χ4v) is 2.92. The van der Waals surface area contributed by atoms with Gasteiger partial charge < -0.3 is 10.1 Å². The third kappa shape index (κ3) is 3.72. The molecular formula is C20H18FN5O. The summed E-state index contributed by atoms with van der Waals surface area (Å²) in [6.45, 7) is 0.867. The summed E-state index contributed by atoms with van der Waals surface area (Å²) >= 11 is 0. The van der Waals surface area contributed by atoms with E-state index in [1.54, 1.807) is 23.9 Å². The molecule has 0 saturated heterocycles. The van der Waals surface area contributed by atoms with Crippen LogP contribution in [0.1, 0.15) is 11.1 Å². The minimum Gasteiger partial charge on any atom is -0.489 e. The number of nitrogens with one attached hydrogen (secondary N) is 1. The van der Waals surface area contributed by atoms with Gasteiger partial charge in [-0.25, -0.2) is 9.07 Å². The molecule has 0 saturated carbocycles. The fourth-order valence-electron chi connectivity index (χ4n) is 2.92. The van der Waals surface area contributed by atoms with Crippen molar-refractivity contribution in [2.24, 2.45) is 7.05 Å². The van der Waals surface area contributed by atoms with Gasteiger partial charge in [0.1, 0.15) is 18.2 Å². The molecular weight excluding hydrogens is 345 g/mol. The maximum absolute atomic E-state index is 13.1. The second kappa shape index (κ2) is 7.41. The molecule has 6 nitrogen and oxygen atoms in total. The smallest absolute Gasteiger partial charge is 0.242 e. The Labute approximate surface area is 155 Å². The molecule has 0 spiro atoms. The second-order valence-corrected chi connectivity index (χ2v) is 6.16. The van der Waals surface area contributed by atoms with Crippen molar-refractivity contribution in [2.75, 3.05) is 5.32 Å². The highest BCUT2D eigenvalue weighted by molar-refractivity contribution is 5.88. The van der Waals surface area contributed by atoms with Gasteiger partial charge in [0.15, 0.2) is 0 Å². The standard InChI is InChI=1S/C20H18FN5O/c1-26-20(23-24-25-26)22-12-18-17-5-3-2-4-15(17)8-11-19(18)27-13-14-6-9-16(21)10-7-14/h2-11H,12-13H2,1H3,(H,22,23,25). The lowest BCUT2D eigenvalue weighted by Crippen LogP contribution is -2.08. The van der Waals surface area contributed by atoms with E-state index in [0.717, 1.165) is 27.6 Å². The van der Waals surface area contributed by atoms with Gasteiger partial charge in [0.2, 0.25) is 5.95 Å². The molecule has 0 atom stereocenters. The number of nitrogens with zero attached hydrogens (tertiary/aromatic N) is 4. The van der Waals surface area contributed by atoms with Crippen molar-refractivity contribution in [3.63, 3.8) is 0 Å². The van der Waals surface area contributed by atoms with E-state index in [4.69, 9.17) is 4.74 Å². The quantitative estimate of drug-likeness (QED) is 0.566. The molecule has 1 N–H and O–H groups in total. The minimum absolute atomic E-state index is 0.258. The Bertz CT molecular complexity index is 1060. The van der Waals surface area contributed by atoms with E-state index in [1.165, 1.54) is 12.1 Å².